The molecule has 0 amide bonds. The summed E-state index contributed by atoms with van der Waals surface area (Å²) in [5, 5.41) is 8.60. The minimum atomic E-state index is -4.06. The van der Waals surface area contributed by atoms with Gasteiger partial charge in [0.05, 0.1) is 11.6 Å². The molecular formula is C24H26BClF3N5. The summed E-state index contributed by atoms with van der Waals surface area (Å²) in [7, 11) is 6.12. The summed E-state index contributed by atoms with van der Waals surface area (Å²) in [6.45, 7) is 1.73. The normalized spacial score (nSPS) is 22.8. The standard InChI is InChI=1S/C24H26BClF3N5/c25-19-14-30-34-22(13-21(32-23(19)34)18-3-1-2-4-20(18)26)31-16-9-11-33(12-10-16)17-7-5-15(6-8-17)24(27,28)29/h1-4,13-17,31H,5-12H2. The first kappa shape index (κ1) is 23.5. The number of nitrogens with one attached hydrogen (secondary N) is 1. The number of likely N-dealkylation sites (tertiary alicyclic amines) is 1. The first-order valence-corrected chi connectivity index (χ1v) is 12.1. The number of benzene rings is 1. The summed E-state index contributed by atoms with van der Waals surface area (Å²) in [5.41, 5.74) is 2.59. The van der Waals surface area contributed by atoms with Crippen molar-refractivity contribution in [3.8, 4) is 11.3 Å². The Kier molecular flexibility index (Phi) is 6.50. The summed E-state index contributed by atoms with van der Waals surface area (Å²) in [6, 6.07) is 9.95. The van der Waals surface area contributed by atoms with Crippen molar-refractivity contribution in [1.29, 1.82) is 0 Å². The second-order valence-corrected chi connectivity index (χ2v) is 9.75. The molecule has 0 unspecified atom stereocenters. The molecule has 10 heteroatoms. The van der Waals surface area contributed by atoms with Gasteiger partial charge in [0, 0.05) is 48.0 Å². The number of hydrogen-bond acceptors (Lipinski definition) is 4. The van der Waals surface area contributed by atoms with E-state index in [0.717, 1.165) is 37.3 Å². The second-order valence-electron chi connectivity index (χ2n) is 9.34. The highest BCUT2D eigenvalue weighted by Crippen LogP contribution is 2.39. The molecule has 2 radical (unpaired) electrons. The molecule has 3 heterocycles. The largest absolute Gasteiger partial charge is 0.391 e. The Balaban J connectivity index is 1.27. The lowest BCUT2D eigenvalue weighted by Gasteiger charge is -2.41. The molecule has 1 aliphatic carbocycles. The Morgan fingerprint density at radius 1 is 1.03 bits per heavy atom. The van der Waals surface area contributed by atoms with Crippen molar-refractivity contribution in [2.75, 3.05) is 18.4 Å². The molecule has 1 saturated carbocycles. The number of nitrogens with zero attached hydrogens (tertiary/aromatic N) is 4. The summed E-state index contributed by atoms with van der Waals surface area (Å²) in [6.07, 6.45) is 1.07. The number of hydrogen-bond donors (Lipinski definition) is 1. The quantitative estimate of drug-likeness (QED) is 0.535. The van der Waals surface area contributed by atoms with E-state index in [1.54, 1.807) is 10.7 Å². The lowest BCUT2D eigenvalue weighted by Crippen LogP contribution is -2.46. The van der Waals surface area contributed by atoms with Crippen molar-refractivity contribution < 1.29 is 13.2 Å². The van der Waals surface area contributed by atoms with E-state index in [9.17, 15) is 13.2 Å². The fourth-order valence-electron chi connectivity index (χ4n) is 5.28. The van der Waals surface area contributed by atoms with Gasteiger partial charge in [0.1, 0.15) is 13.7 Å². The van der Waals surface area contributed by atoms with E-state index in [1.165, 1.54) is 0 Å². The van der Waals surface area contributed by atoms with E-state index in [4.69, 9.17) is 19.4 Å². The third kappa shape index (κ3) is 4.77. The predicted molar refractivity (Wildman–Crippen MR) is 129 cm³/mol. The molecule has 2 fully saturated rings. The van der Waals surface area contributed by atoms with Crippen LogP contribution in [0.2, 0.25) is 5.02 Å². The first-order valence-electron chi connectivity index (χ1n) is 11.8. The smallest absolute Gasteiger partial charge is 0.367 e. The molecular weight excluding hydrogens is 462 g/mol. The lowest BCUT2D eigenvalue weighted by molar-refractivity contribution is -0.184. The molecule has 5 nitrogen and oxygen atoms in total. The molecule has 1 saturated heterocycles. The summed E-state index contributed by atoms with van der Waals surface area (Å²) in [5.74, 6) is -0.341. The highest BCUT2D eigenvalue weighted by Gasteiger charge is 2.42. The zero-order valence-corrected chi connectivity index (χ0v) is 19.5. The molecule has 3 aromatic rings. The van der Waals surface area contributed by atoms with Gasteiger partial charge in [-0.1, -0.05) is 29.8 Å². The average Bonchev–Trinajstić information content (AvgIpc) is 3.20. The fourth-order valence-corrected chi connectivity index (χ4v) is 5.51. The number of rotatable bonds is 4. The Labute approximate surface area is 203 Å². The van der Waals surface area contributed by atoms with Crippen molar-refractivity contribution in [3.05, 3.63) is 41.6 Å². The second kappa shape index (κ2) is 9.42. The maximum absolute atomic E-state index is 13.0. The van der Waals surface area contributed by atoms with Gasteiger partial charge in [-0.3, -0.25) is 0 Å². The van der Waals surface area contributed by atoms with E-state index in [0.29, 0.717) is 34.7 Å². The monoisotopic (exact) mass is 487 g/mol. The van der Waals surface area contributed by atoms with Crippen LogP contribution in [0.1, 0.15) is 38.5 Å². The van der Waals surface area contributed by atoms with Crippen LogP contribution in [0.25, 0.3) is 16.9 Å². The first-order chi connectivity index (χ1) is 16.3. The molecule has 34 heavy (non-hydrogen) atoms. The Morgan fingerprint density at radius 2 is 1.74 bits per heavy atom. The minimum absolute atomic E-state index is 0.220. The fraction of sp³-hybridized carbons (Fsp3) is 0.500. The molecule has 0 spiro atoms. The van der Waals surface area contributed by atoms with Gasteiger partial charge < -0.3 is 10.2 Å². The number of anilines is 1. The van der Waals surface area contributed by atoms with E-state index >= 15 is 0 Å². The van der Waals surface area contributed by atoms with Crippen LogP contribution >= 0.6 is 11.6 Å². The van der Waals surface area contributed by atoms with E-state index < -0.39 is 12.1 Å². The van der Waals surface area contributed by atoms with Gasteiger partial charge in [-0.05, 0) is 50.1 Å². The Morgan fingerprint density at radius 3 is 2.41 bits per heavy atom. The SMILES string of the molecule is [B]c1cnn2c(NC3CCN(C4CCC(C(F)(F)F)CC4)CC3)cc(-c3ccccc3Cl)nc12. The van der Waals surface area contributed by atoms with Crippen molar-refractivity contribution in [2.24, 2.45) is 5.92 Å². The van der Waals surface area contributed by atoms with Crippen LogP contribution in [0.5, 0.6) is 0 Å². The van der Waals surface area contributed by atoms with E-state index in [1.807, 2.05) is 30.3 Å². The van der Waals surface area contributed by atoms with Gasteiger partial charge in [-0.15, -0.1) is 0 Å². The summed E-state index contributed by atoms with van der Waals surface area (Å²) < 4.78 is 40.7. The van der Waals surface area contributed by atoms with Gasteiger partial charge in [-0.25, -0.2) is 4.98 Å². The number of aromatic nitrogens is 3. The third-order valence-corrected chi connectivity index (χ3v) is 7.54. The molecule has 2 aliphatic rings. The zero-order chi connectivity index (χ0) is 23.9. The molecule has 0 atom stereocenters. The van der Waals surface area contributed by atoms with Crippen molar-refractivity contribution in [3.63, 3.8) is 0 Å². The Hall–Kier alpha value is -2.26. The van der Waals surface area contributed by atoms with Gasteiger partial charge in [0.15, 0.2) is 5.65 Å². The van der Waals surface area contributed by atoms with Crippen LogP contribution < -0.4 is 10.8 Å². The molecule has 178 valence electrons. The van der Waals surface area contributed by atoms with Crippen molar-refractivity contribution in [1.82, 2.24) is 19.5 Å². The van der Waals surface area contributed by atoms with Crippen LogP contribution in [-0.4, -0.2) is 58.7 Å². The topological polar surface area (TPSA) is 45.5 Å². The van der Waals surface area contributed by atoms with Gasteiger partial charge in [0.25, 0.3) is 0 Å². The maximum Gasteiger partial charge on any atom is 0.391 e. The lowest BCUT2D eigenvalue weighted by atomic mass is 9.84. The van der Waals surface area contributed by atoms with Crippen LogP contribution in [0.4, 0.5) is 19.0 Å². The number of fused-ring (bicyclic) bond motifs is 1. The van der Waals surface area contributed by atoms with Gasteiger partial charge in [-0.2, -0.15) is 22.8 Å². The van der Waals surface area contributed by atoms with Gasteiger partial charge in [0.2, 0.25) is 0 Å². The highest BCUT2D eigenvalue weighted by molar-refractivity contribution is 6.36. The molecule has 1 N–H and O–H groups in total. The number of halogens is 4. The number of piperidine rings is 1. The third-order valence-electron chi connectivity index (χ3n) is 7.21. The summed E-state index contributed by atoms with van der Waals surface area (Å²) in [4.78, 5) is 7.05. The van der Waals surface area contributed by atoms with Crippen molar-refractivity contribution >= 4 is 36.4 Å². The van der Waals surface area contributed by atoms with Crippen LogP contribution in [0, 0.1) is 5.92 Å². The van der Waals surface area contributed by atoms with Crippen LogP contribution in [-0.2, 0) is 0 Å². The van der Waals surface area contributed by atoms with E-state index in [2.05, 4.69) is 20.3 Å². The minimum Gasteiger partial charge on any atom is -0.367 e. The zero-order valence-electron chi connectivity index (χ0n) is 18.7. The molecule has 5 rings (SSSR count). The highest BCUT2D eigenvalue weighted by atomic mass is 35.5. The van der Waals surface area contributed by atoms with Crippen LogP contribution in [0.15, 0.2) is 36.5 Å². The molecule has 2 aromatic heterocycles. The molecule has 0 bridgehead atoms. The summed E-state index contributed by atoms with van der Waals surface area (Å²) >= 11 is 6.41. The maximum atomic E-state index is 13.0. The Bertz CT molecular complexity index is 1150. The predicted octanol–water partition coefficient (Wildman–Crippen LogP) is 4.84. The van der Waals surface area contributed by atoms with E-state index in [-0.39, 0.29) is 24.9 Å². The average molecular weight is 488 g/mol. The van der Waals surface area contributed by atoms with Crippen LogP contribution in [0.3, 0.4) is 0 Å². The molecule has 1 aromatic carbocycles. The molecule has 1 aliphatic heterocycles. The van der Waals surface area contributed by atoms with Gasteiger partial charge >= 0.3 is 6.18 Å². The number of alkyl halides is 3. The van der Waals surface area contributed by atoms with Crippen molar-refractivity contribution in [2.45, 2.75) is 56.8 Å².